The number of benzene rings is 1. The van der Waals surface area contributed by atoms with Crippen molar-refractivity contribution in [3.63, 3.8) is 0 Å². The van der Waals surface area contributed by atoms with E-state index >= 15 is 0 Å². The molecule has 0 amide bonds. The average molecular weight is 534 g/mol. The van der Waals surface area contributed by atoms with Crippen molar-refractivity contribution in [1.82, 2.24) is 0 Å². The summed E-state index contributed by atoms with van der Waals surface area (Å²) >= 11 is 0. The summed E-state index contributed by atoms with van der Waals surface area (Å²) in [7, 11) is -0.961. The Morgan fingerprint density at radius 1 is 0.914 bits per heavy atom. The van der Waals surface area contributed by atoms with Gasteiger partial charge in [-0.05, 0) is 29.3 Å². The van der Waals surface area contributed by atoms with E-state index in [1.165, 1.54) is 21.5 Å². The van der Waals surface area contributed by atoms with E-state index in [9.17, 15) is 0 Å². The van der Waals surface area contributed by atoms with Crippen LogP contribution in [0.4, 0.5) is 0 Å². The summed E-state index contributed by atoms with van der Waals surface area (Å²) in [6.07, 6.45) is 15.9. The molecule has 0 N–H and O–H groups in total. The van der Waals surface area contributed by atoms with Crippen LogP contribution in [-0.2, 0) is 17.1 Å². The maximum atomic E-state index is 3.50. The van der Waals surface area contributed by atoms with Crippen molar-refractivity contribution in [2.45, 2.75) is 64.4 Å². The van der Waals surface area contributed by atoms with Crippen LogP contribution in [0, 0.1) is 25.0 Å². The van der Waals surface area contributed by atoms with Gasteiger partial charge in [0, 0.05) is 16.5 Å². The third kappa shape index (κ3) is 7.80. The van der Waals surface area contributed by atoms with Crippen LogP contribution >= 0.6 is 15.8 Å². The number of allylic oxidation sites excluding steroid dienone is 8. The van der Waals surface area contributed by atoms with E-state index in [2.05, 4.69) is 156 Å². The third-order valence-corrected chi connectivity index (χ3v) is 11.8. The van der Waals surface area contributed by atoms with Crippen LogP contribution in [0.25, 0.3) is 0 Å². The van der Waals surface area contributed by atoms with E-state index < -0.39 is 7.92 Å². The molecular formula is C32H32FeP2. The van der Waals surface area contributed by atoms with Crippen molar-refractivity contribution in [3.05, 3.63) is 124 Å². The molecule has 0 saturated carbocycles. The van der Waals surface area contributed by atoms with Gasteiger partial charge in [-0.2, -0.15) is 24.6 Å². The summed E-state index contributed by atoms with van der Waals surface area (Å²) in [4.78, 5) is 0. The van der Waals surface area contributed by atoms with Crippen LogP contribution in [0.2, 0.25) is 0 Å². The van der Waals surface area contributed by atoms with Gasteiger partial charge in [0.15, 0.2) is 0 Å². The van der Waals surface area contributed by atoms with Crippen LogP contribution < -0.4 is 5.30 Å². The SMILES string of the molecule is C[C@@H](C1=C=C=C=C1P(C1=C[CH]C=C[CH-]1)c1ccccc1)P(C(C)(C)C)C(C)(C)C.[C]1=C=C=C=[C-]1.[Fe+2]. The number of hydrogen-bond acceptors (Lipinski definition) is 0. The molecule has 0 nitrogen and oxygen atoms in total. The van der Waals surface area contributed by atoms with Crippen LogP contribution in [0.1, 0.15) is 48.5 Å². The summed E-state index contributed by atoms with van der Waals surface area (Å²) in [5, 5.41) is 4.55. The molecule has 178 valence electrons. The van der Waals surface area contributed by atoms with Gasteiger partial charge in [-0.3, -0.25) is 11.5 Å². The monoisotopic (exact) mass is 534 g/mol. The Morgan fingerprint density at radius 3 is 2.09 bits per heavy atom. The zero-order chi connectivity index (χ0) is 24.8. The first-order chi connectivity index (χ1) is 16.1. The molecule has 0 saturated heterocycles. The molecule has 1 aromatic carbocycles. The minimum Gasteiger partial charge on any atom is -0.288 e. The predicted octanol–water partition coefficient (Wildman–Crippen LogP) is 8.48. The van der Waals surface area contributed by atoms with Gasteiger partial charge < -0.3 is 0 Å². The largest absolute Gasteiger partial charge is 2.00 e. The Kier molecular flexibility index (Phi) is 10.8. The quantitative estimate of drug-likeness (QED) is 0.154. The minimum atomic E-state index is -0.666. The first-order valence-electron chi connectivity index (χ1n) is 11.6. The van der Waals surface area contributed by atoms with Gasteiger partial charge in [0.1, 0.15) is 0 Å². The number of rotatable bonds is 5. The second-order valence-electron chi connectivity index (χ2n) is 10.2. The molecule has 0 heterocycles. The standard InChI is InChI=1S/C27H32P2.C5.Fe/c1-21(29(26(2,3)4)27(5,6)7)24-19-14-20-25(24)28(22-15-10-8-11-16-22)23-17-12-9-13-18-23;1-2-4-5-3-1;/h8-13,15-18,21H,1-7H3;;/q2*-1;+2/t21-;;/m0../s1. The normalized spacial score (nSPS) is 16.7. The van der Waals surface area contributed by atoms with E-state index in [0.29, 0.717) is 5.66 Å². The molecule has 0 aromatic heterocycles. The first-order valence-corrected chi connectivity index (χ1v) is 14.3. The van der Waals surface area contributed by atoms with Crippen LogP contribution in [-0.4, -0.2) is 16.0 Å². The summed E-state index contributed by atoms with van der Waals surface area (Å²) in [6, 6.07) is 10.9. The van der Waals surface area contributed by atoms with Crippen molar-refractivity contribution >= 4 is 21.1 Å². The summed E-state index contributed by atoms with van der Waals surface area (Å²) in [6.45, 7) is 16.8. The van der Waals surface area contributed by atoms with Crippen LogP contribution in [0.15, 0.2) is 99.1 Å². The van der Waals surface area contributed by atoms with Crippen molar-refractivity contribution < 1.29 is 17.1 Å². The molecule has 3 aliphatic carbocycles. The van der Waals surface area contributed by atoms with Gasteiger partial charge >= 0.3 is 17.1 Å². The molecular weight excluding hydrogens is 502 g/mol. The van der Waals surface area contributed by atoms with E-state index in [-0.39, 0.29) is 35.3 Å². The second-order valence-corrected chi connectivity index (χ2v) is 16.5. The van der Waals surface area contributed by atoms with Gasteiger partial charge in [0.05, 0.1) is 0 Å². The van der Waals surface area contributed by atoms with E-state index in [4.69, 9.17) is 0 Å². The third-order valence-electron chi connectivity index (χ3n) is 5.45. The fourth-order valence-electron chi connectivity index (χ4n) is 4.78. The van der Waals surface area contributed by atoms with Gasteiger partial charge in [0.2, 0.25) is 0 Å². The molecule has 2 radical (unpaired) electrons. The Balaban J connectivity index is 0.000000640. The van der Waals surface area contributed by atoms with E-state index in [1.807, 2.05) is 0 Å². The maximum Gasteiger partial charge on any atom is 2.00 e. The molecule has 4 rings (SSSR count). The summed E-state index contributed by atoms with van der Waals surface area (Å²) in [5.41, 5.74) is 19.5. The topological polar surface area (TPSA) is 0 Å². The molecule has 35 heavy (non-hydrogen) atoms. The molecule has 3 heteroatoms. The Bertz CT molecular complexity index is 1210. The smallest absolute Gasteiger partial charge is 0.288 e. The Hall–Kier alpha value is -1.89. The first kappa shape index (κ1) is 29.3. The molecule has 3 aliphatic rings. The molecule has 1 aromatic rings. The van der Waals surface area contributed by atoms with Crippen molar-refractivity contribution in [2.24, 2.45) is 0 Å². The van der Waals surface area contributed by atoms with E-state index in [0.717, 1.165) is 0 Å². The molecule has 2 atom stereocenters. The summed E-state index contributed by atoms with van der Waals surface area (Å²) in [5.74, 6) is 0. The Morgan fingerprint density at radius 2 is 1.60 bits per heavy atom. The molecule has 0 fully saturated rings. The average Bonchev–Trinajstić information content (AvgIpc) is 3.49. The predicted molar refractivity (Wildman–Crippen MR) is 149 cm³/mol. The fourth-order valence-corrected chi connectivity index (χ4v) is 12.1. The molecule has 0 aliphatic heterocycles. The van der Waals surface area contributed by atoms with Gasteiger partial charge in [-0.25, -0.2) is 5.73 Å². The van der Waals surface area contributed by atoms with Gasteiger partial charge in [-0.1, -0.05) is 98.2 Å². The maximum absolute atomic E-state index is 3.50. The Labute approximate surface area is 226 Å². The van der Waals surface area contributed by atoms with Gasteiger partial charge in [0.25, 0.3) is 0 Å². The number of hydrogen-bond donors (Lipinski definition) is 0. The second kappa shape index (κ2) is 12.9. The minimum absolute atomic E-state index is 0. The van der Waals surface area contributed by atoms with E-state index in [1.54, 1.807) is 0 Å². The van der Waals surface area contributed by atoms with Crippen molar-refractivity contribution in [2.75, 3.05) is 0 Å². The van der Waals surface area contributed by atoms with Crippen molar-refractivity contribution in [1.29, 1.82) is 0 Å². The zero-order valence-electron chi connectivity index (χ0n) is 21.6. The van der Waals surface area contributed by atoms with Crippen molar-refractivity contribution in [3.8, 4) is 0 Å². The molecule has 1 unspecified atom stereocenters. The fraction of sp³-hybridized carbons (Fsp3) is 0.312. The molecule has 0 spiro atoms. The van der Waals surface area contributed by atoms with Gasteiger partial charge in [-0.15, -0.1) is 23.9 Å². The summed E-state index contributed by atoms with van der Waals surface area (Å²) < 4.78 is 0. The zero-order valence-corrected chi connectivity index (χ0v) is 24.5. The molecule has 0 bridgehead atoms. The van der Waals surface area contributed by atoms with Crippen LogP contribution in [0.3, 0.4) is 0 Å². The van der Waals surface area contributed by atoms with Crippen LogP contribution in [0.5, 0.6) is 0 Å².